The Balaban J connectivity index is 0.000000221. The first-order valence-corrected chi connectivity index (χ1v) is 15.4. The van der Waals surface area contributed by atoms with E-state index in [1.165, 1.54) is 0 Å². The number of nitro groups is 2. The molecule has 37 heavy (non-hydrogen) atoms. The first-order chi connectivity index (χ1) is 17.1. The quantitative estimate of drug-likeness (QED) is 0.0825. The van der Waals surface area contributed by atoms with Crippen molar-refractivity contribution in [1.82, 2.24) is 0 Å². The van der Waals surface area contributed by atoms with Crippen molar-refractivity contribution < 1.29 is 36.5 Å². The van der Waals surface area contributed by atoms with Crippen LogP contribution in [-0.2, 0) is 24.5 Å². The summed E-state index contributed by atoms with van der Waals surface area (Å²) in [7, 11) is -1.19. The van der Waals surface area contributed by atoms with Crippen LogP contribution in [0.3, 0.4) is 0 Å². The average Bonchev–Trinajstić information content (AvgIpc) is 3.29. The molecule has 0 aliphatic carbocycles. The van der Waals surface area contributed by atoms with E-state index in [1.807, 2.05) is 40.5 Å². The monoisotopic (exact) mass is 606 g/mol. The van der Waals surface area contributed by atoms with E-state index in [0.717, 1.165) is 40.2 Å². The Morgan fingerprint density at radius 2 is 1.05 bits per heavy atom. The molecule has 2 heterocycles. The predicted octanol–water partition coefficient (Wildman–Crippen LogP) is 3.99. The lowest BCUT2D eigenvalue weighted by atomic mass is 10.2. The second-order valence-electron chi connectivity index (χ2n) is 7.40. The van der Waals surface area contributed by atoms with Crippen molar-refractivity contribution in [3.63, 3.8) is 0 Å². The Bertz CT molecular complexity index is 1490. The van der Waals surface area contributed by atoms with Crippen molar-refractivity contribution in [1.29, 1.82) is 0 Å². The van der Waals surface area contributed by atoms with Gasteiger partial charge in [0.2, 0.25) is 11.0 Å². The molecule has 0 unspecified atom stereocenters. The van der Waals surface area contributed by atoms with Crippen LogP contribution in [0.2, 0.25) is 0 Å². The highest BCUT2D eigenvalue weighted by atomic mass is 32.3. The van der Waals surface area contributed by atoms with Gasteiger partial charge in [0.05, 0.1) is 9.85 Å². The number of nitrogens with zero attached hydrogens (tertiary/aromatic N) is 4. The zero-order valence-electron chi connectivity index (χ0n) is 20.4. The summed E-state index contributed by atoms with van der Waals surface area (Å²) in [5.74, 6) is 0. The number of benzene rings is 2. The van der Waals surface area contributed by atoms with Crippen molar-refractivity contribution in [3.8, 4) is 0 Å². The lowest BCUT2D eigenvalue weighted by Crippen LogP contribution is -2.28. The van der Waals surface area contributed by atoms with Crippen molar-refractivity contribution in [2.45, 2.75) is 22.5 Å². The van der Waals surface area contributed by atoms with Crippen LogP contribution in [0.4, 0.5) is 11.4 Å². The fraction of sp³-hybridized carbons (Fsp3) is 0.300. The van der Waals surface area contributed by atoms with Gasteiger partial charge in [0, 0.05) is 45.8 Å². The van der Waals surface area contributed by atoms with E-state index in [0.29, 0.717) is 0 Å². The number of non-ortho nitro benzene ring substituents is 2. The van der Waals surface area contributed by atoms with E-state index in [9.17, 15) is 20.2 Å². The molecule has 0 saturated carbocycles. The van der Waals surface area contributed by atoms with Gasteiger partial charge < -0.3 is 9.11 Å². The molecule has 0 saturated heterocycles. The van der Waals surface area contributed by atoms with Gasteiger partial charge in [0.1, 0.15) is 23.5 Å². The molecule has 0 N–H and O–H groups in total. The molecule has 0 aliphatic heterocycles. The fourth-order valence-corrected chi connectivity index (χ4v) is 7.47. The molecule has 0 atom stereocenters. The Labute approximate surface area is 228 Å². The van der Waals surface area contributed by atoms with Gasteiger partial charge in [-0.1, -0.05) is 22.7 Å². The highest BCUT2D eigenvalue weighted by Gasteiger charge is 2.23. The molecular weight excluding hydrogens is 585 g/mol. The summed E-state index contributed by atoms with van der Waals surface area (Å²) in [6.45, 7) is 3.82. The minimum absolute atomic E-state index is 0.166. The summed E-state index contributed by atoms with van der Waals surface area (Å²) in [6, 6.07) is 6.54. The number of hydrogen-bond donors (Lipinski definition) is 0. The normalized spacial score (nSPS) is 11.0. The van der Waals surface area contributed by atoms with Crippen molar-refractivity contribution in [2.24, 2.45) is 14.1 Å². The molecule has 200 valence electrons. The van der Waals surface area contributed by atoms with Gasteiger partial charge >= 0.3 is 0 Å². The third-order valence-electron chi connectivity index (χ3n) is 4.88. The first-order valence-electron chi connectivity index (χ1n) is 9.98. The van der Waals surface area contributed by atoms with Crippen LogP contribution in [0.5, 0.6) is 0 Å². The van der Waals surface area contributed by atoms with Crippen molar-refractivity contribution in [2.75, 3.05) is 12.5 Å². The molecule has 0 radical (unpaired) electrons. The zero-order chi connectivity index (χ0) is 28.2. The molecule has 2 aromatic carbocycles. The number of aryl methyl sites for hydroxylation is 4. The van der Waals surface area contributed by atoms with Gasteiger partial charge in [-0.2, -0.15) is 9.13 Å². The minimum Gasteiger partial charge on any atom is -0.759 e. The smallest absolute Gasteiger partial charge is 0.297 e. The van der Waals surface area contributed by atoms with Crippen LogP contribution in [0.15, 0.2) is 32.9 Å². The van der Waals surface area contributed by atoms with E-state index in [2.05, 4.69) is 9.13 Å². The summed E-state index contributed by atoms with van der Waals surface area (Å²) in [4.78, 5) is 20.8. The largest absolute Gasteiger partial charge is 0.759 e. The van der Waals surface area contributed by atoms with E-state index in [4.69, 9.17) is 17.5 Å². The maximum Gasteiger partial charge on any atom is 0.297 e. The second kappa shape index (κ2) is 12.4. The van der Waals surface area contributed by atoms with Gasteiger partial charge in [-0.15, -0.1) is 0 Å². The third kappa shape index (κ3) is 7.79. The Morgan fingerprint density at radius 1 is 0.757 bits per heavy atom. The summed E-state index contributed by atoms with van der Waals surface area (Å²) in [5.41, 5.74) is 4.39. The molecule has 17 heteroatoms. The molecular formula is C20H22N4O8S5. The Morgan fingerprint density at radius 3 is 1.30 bits per heavy atom. The van der Waals surface area contributed by atoms with Crippen LogP contribution >= 0.6 is 46.2 Å². The molecule has 0 spiro atoms. The molecule has 0 aliphatic rings. The second-order valence-corrected chi connectivity index (χ2v) is 12.4. The van der Waals surface area contributed by atoms with Crippen molar-refractivity contribution >= 4 is 88.4 Å². The summed E-state index contributed by atoms with van der Waals surface area (Å²) >= 11 is 6.49. The van der Waals surface area contributed by atoms with Crippen LogP contribution < -0.4 is 9.13 Å². The van der Waals surface area contributed by atoms with E-state index in [-0.39, 0.29) is 21.2 Å². The number of rotatable bonds is 4. The molecule has 2 aromatic heterocycles. The number of aromatic nitrogens is 2. The van der Waals surface area contributed by atoms with Crippen molar-refractivity contribution in [3.05, 3.63) is 55.6 Å². The average molecular weight is 607 g/mol. The molecule has 0 fully saturated rings. The number of thioether (sulfide) groups is 2. The Kier molecular flexibility index (Phi) is 10.3. The van der Waals surface area contributed by atoms with E-state index >= 15 is 0 Å². The zero-order valence-corrected chi connectivity index (χ0v) is 24.5. The number of fused-ring (bicyclic) bond motifs is 2. The van der Waals surface area contributed by atoms with Crippen LogP contribution in [-0.4, -0.2) is 39.9 Å². The number of nitro benzene ring substituents is 2. The first kappa shape index (κ1) is 30.8. The lowest BCUT2D eigenvalue weighted by molar-refractivity contribution is -0.677. The molecule has 4 aromatic rings. The van der Waals surface area contributed by atoms with Crippen LogP contribution in [0.1, 0.15) is 11.1 Å². The molecule has 0 bridgehead atoms. The van der Waals surface area contributed by atoms with Crippen LogP contribution in [0, 0.1) is 34.1 Å². The molecule has 4 rings (SSSR count). The van der Waals surface area contributed by atoms with E-state index < -0.39 is 10.4 Å². The van der Waals surface area contributed by atoms with Gasteiger partial charge in [0.15, 0.2) is 0 Å². The highest BCUT2D eigenvalue weighted by molar-refractivity contribution is 8.00. The third-order valence-corrected chi connectivity index (χ3v) is 9.59. The maximum atomic E-state index is 10.8. The predicted molar refractivity (Wildman–Crippen MR) is 143 cm³/mol. The maximum absolute atomic E-state index is 10.8. The van der Waals surface area contributed by atoms with Gasteiger partial charge in [-0.25, -0.2) is 0 Å². The summed E-state index contributed by atoms with van der Waals surface area (Å²) in [5, 5.41) is 21.5. The fourth-order valence-electron chi connectivity index (χ4n) is 3.55. The molecule has 12 nitrogen and oxygen atoms in total. The molecule has 0 amide bonds. The van der Waals surface area contributed by atoms with Gasteiger partial charge in [-0.05, 0) is 49.9 Å². The highest BCUT2D eigenvalue weighted by Crippen LogP contribution is 2.32. The number of hydrogen-bond acceptors (Lipinski definition) is 12. The van der Waals surface area contributed by atoms with Gasteiger partial charge in [0.25, 0.3) is 20.1 Å². The SMILES string of the molecule is CSc1sc2cc([N+](=O)[O-])cc(C)c2[n+]1C.CSc1sc2cc([N+](=O)[O-])cc(C)c2[n+]1C.O=S(=O)([O-])[O-]. The standard InChI is InChI=1S/2C10H11N2O2S2.H2O4S/c2*1-6-4-7(12(13)14)5-8-9(6)11(2)10(15-3)16-8;1-5(2,3)4/h2*4-5H,1-3H3;(H2,1,2,3,4)/q2*+1;/p-2. The van der Waals surface area contributed by atoms with Gasteiger partial charge in [-0.3, -0.25) is 28.6 Å². The summed E-state index contributed by atoms with van der Waals surface area (Å²) in [6.07, 6.45) is 4.02. The topological polar surface area (TPSA) is 174 Å². The summed E-state index contributed by atoms with van der Waals surface area (Å²) < 4.78 is 42.5. The minimum atomic E-state index is -5.17. The van der Waals surface area contributed by atoms with E-state index in [1.54, 1.807) is 70.5 Å². The lowest BCUT2D eigenvalue weighted by Gasteiger charge is -2.06. The number of thiazole rings is 2. The Hall–Kier alpha value is -2.41. The van der Waals surface area contributed by atoms with Crippen LogP contribution in [0.25, 0.3) is 20.4 Å².